The fourth-order valence-electron chi connectivity index (χ4n) is 5.71. The number of benzene rings is 2. The van der Waals surface area contributed by atoms with E-state index < -0.39 is 0 Å². The number of carbonyl (C=O) groups excluding carboxylic acids is 1. The number of para-hydroxylation sites is 1. The van der Waals surface area contributed by atoms with Crippen LogP contribution in [0.1, 0.15) is 58.1 Å². The first-order valence-corrected chi connectivity index (χ1v) is 13.3. The molecule has 1 aliphatic heterocycles. The summed E-state index contributed by atoms with van der Waals surface area (Å²) in [5.74, 6) is 1.03. The summed E-state index contributed by atoms with van der Waals surface area (Å²) < 4.78 is 7.89. The summed E-state index contributed by atoms with van der Waals surface area (Å²) >= 11 is 1.93. The molecule has 0 saturated carbocycles. The third-order valence-electron chi connectivity index (χ3n) is 7.42. The summed E-state index contributed by atoms with van der Waals surface area (Å²) in [6, 6.07) is 22.7. The van der Waals surface area contributed by atoms with Gasteiger partial charge in [0.2, 0.25) is 5.91 Å². The zero-order valence-corrected chi connectivity index (χ0v) is 20.9. The molecule has 5 heteroatoms. The summed E-state index contributed by atoms with van der Waals surface area (Å²) in [6.45, 7) is 0.660. The predicted octanol–water partition coefficient (Wildman–Crippen LogP) is 6.49. The van der Waals surface area contributed by atoms with Crippen LogP contribution in [-0.4, -0.2) is 22.5 Å². The number of methoxy groups -OCH3 is 1. The fourth-order valence-corrected chi connectivity index (χ4v) is 7.11. The summed E-state index contributed by atoms with van der Waals surface area (Å²) in [4.78, 5) is 17.7. The van der Waals surface area contributed by atoms with Crippen LogP contribution >= 0.6 is 11.3 Å². The van der Waals surface area contributed by atoms with Crippen LogP contribution in [-0.2, 0) is 30.6 Å². The molecule has 0 radical (unpaired) electrons. The second-order valence-electron chi connectivity index (χ2n) is 9.44. The van der Waals surface area contributed by atoms with E-state index >= 15 is 0 Å². The van der Waals surface area contributed by atoms with E-state index in [1.165, 1.54) is 39.5 Å². The van der Waals surface area contributed by atoms with Gasteiger partial charge in [-0.05, 0) is 67.0 Å². The molecule has 4 aromatic rings. The molecule has 178 valence electrons. The number of fused-ring (bicyclic) bond motifs is 5. The van der Waals surface area contributed by atoms with Gasteiger partial charge in [-0.25, -0.2) is 0 Å². The van der Waals surface area contributed by atoms with E-state index in [0.29, 0.717) is 19.4 Å². The Bertz CT molecular complexity index is 1350. The zero-order valence-electron chi connectivity index (χ0n) is 20.1. The van der Waals surface area contributed by atoms with Crippen molar-refractivity contribution >= 4 is 17.2 Å². The molecule has 0 unspecified atom stereocenters. The number of thiophene rings is 1. The number of rotatable bonds is 5. The highest BCUT2D eigenvalue weighted by Crippen LogP contribution is 2.44. The molecule has 2 aromatic carbocycles. The van der Waals surface area contributed by atoms with Gasteiger partial charge in [-0.1, -0.05) is 48.5 Å². The lowest BCUT2D eigenvalue weighted by atomic mass is 9.94. The molecule has 0 saturated heterocycles. The second kappa shape index (κ2) is 9.38. The van der Waals surface area contributed by atoms with Gasteiger partial charge in [-0.3, -0.25) is 4.79 Å². The van der Waals surface area contributed by atoms with Crippen LogP contribution in [0.2, 0.25) is 0 Å². The fraction of sp³-hybridized carbons (Fsp3) is 0.300. The molecule has 2 aromatic heterocycles. The Hall–Kier alpha value is -3.31. The first-order chi connectivity index (χ1) is 17.2. The predicted molar refractivity (Wildman–Crippen MR) is 140 cm³/mol. The Morgan fingerprint density at radius 2 is 1.77 bits per heavy atom. The Labute approximate surface area is 210 Å². The molecule has 1 aliphatic carbocycles. The molecule has 3 heterocycles. The van der Waals surface area contributed by atoms with E-state index in [2.05, 4.69) is 58.1 Å². The van der Waals surface area contributed by atoms with Gasteiger partial charge in [0.15, 0.2) is 0 Å². The lowest BCUT2D eigenvalue weighted by Crippen LogP contribution is -2.35. The normalized spacial score (nSPS) is 16.7. The molecule has 2 aliphatic rings. The van der Waals surface area contributed by atoms with Crippen molar-refractivity contribution in [1.82, 2.24) is 9.47 Å². The molecular weight excluding hydrogens is 452 g/mol. The van der Waals surface area contributed by atoms with Crippen LogP contribution in [0, 0.1) is 0 Å². The number of hydrogen-bond donors (Lipinski definition) is 0. The van der Waals surface area contributed by atoms with Crippen molar-refractivity contribution in [2.24, 2.45) is 0 Å². The minimum Gasteiger partial charge on any atom is -0.496 e. The van der Waals surface area contributed by atoms with Gasteiger partial charge >= 0.3 is 0 Å². The summed E-state index contributed by atoms with van der Waals surface area (Å²) in [5.41, 5.74) is 6.24. The van der Waals surface area contributed by atoms with Crippen LogP contribution in [0.25, 0.3) is 5.00 Å². The highest BCUT2D eigenvalue weighted by atomic mass is 32.1. The van der Waals surface area contributed by atoms with Crippen molar-refractivity contribution in [3.8, 4) is 10.8 Å². The molecule has 4 nitrogen and oxygen atoms in total. The van der Waals surface area contributed by atoms with Crippen molar-refractivity contribution in [3.63, 3.8) is 0 Å². The van der Waals surface area contributed by atoms with Crippen molar-refractivity contribution < 1.29 is 9.53 Å². The van der Waals surface area contributed by atoms with Gasteiger partial charge in [0.25, 0.3) is 0 Å². The minimum atomic E-state index is -0.116. The molecular formula is C30H30N2O2S. The topological polar surface area (TPSA) is 34.5 Å². The monoisotopic (exact) mass is 482 g/mol. The lowest BCUT2D eigenvalue weighted by Gasteiger charge is -2.31. The van der Waals surface area contributed by atoms with E-state index in [-0.39, 0.29) is 11.9 Å². The van der Waals surface area contributed by atoms with E-state index in [1.54, 1.807) is 7.11 Å². The van der Waals surface area contributed by atoms with Gasteiger partial charge in [-0.15, -0.1) is 11.3 Å². The van der Waals surface area contributed by atoms with Crippen molar-refractivity contribution in [3.05, 3.63) is 106 Å². The van der Waals surface area contributed by atoms with Gasteiger partial charge in [0, 0.05) is 29.6 Å². The molecule has 1 atom stereocenters. The Balaban J connectivity index is 1.42. The quantitative estimate of drug-likeness (QED) is 0.326. The first-order valence-electron chi connectivity index (χ1n) is 12.5. The van der Waals surface area contributed by atoms with E-state index in [0.717, 1.165) is 29.7 Å². The first kappa shape index (κ1) is 22.2. The SMILES string of the molecule is COc1ccccc1CCC(=O)N1Cc2c(sc3c2CCCC3)-n2cccc2[C@@H]1c1ccccc1. The maximum atomic E-state index is 14.0. The van der Waals surface area contributed by atoms with Gasteiger partial charge < -0.3 is 14.2 Å². The number of amides is 1. The number of aryl methyl sites for hydroxylation is 2. The maximum Gasteiger partial charge on any atom is 0.224 e. The molecule has 35 heavy (non-hydrogen) atoms. The zero-order chi connectivity index (χ0) is 23.8. The summed E-state index contributed by atoms with van der Waals surface area (Å²) in [5, 5.41) is 1.30. The summed E-state index contributed by atoms with van der Waals surface area (Å²) in [7, 11) is 1.69. The highest BCUT2D eigenvalue weighted by Gasteiger charge is 2.35. The van der Waals surface area contributed by atoms with E-state index in [9.17, 15) is 4.79 Å². The molecule has 0 fully saturated rings. The van der Waals surface area contributed by atoms with Crippen LogP contribution in [0.15, 0.2) is 72.9 Å². The molecule has 0 N–H and O–H groups in total. The van der Waals surface area contributed by atoms with Gasteiger partial charge in [0.1, 0.15) is 10.8 Å². The second-order valence-corrected chi connectivity index (χ2v) is 10.5. The standard InChI is InChI=1S/C30H30N2O2S/c1-34-26-15-7-5-10-21(26)17-18-28(33)32-20-24-23-13-6-8-16-27(23)35-30(24)31-19-9-14-25(31)29(32)22-11-3-2-4-12-22/h2-5,7,9-12,14-15,19,29H,6,8,13,16-18,20H2,1H3/t29-/m0/s1. The Morgan fingerprint density at radius 1 is 0.971 bits per heavy atom. The number of ether oxygens (including phenoxy) is 1. The largest absolute Gasteiger partial charge is 0.496 e. The minimum absolute atomic E-state index is 0.116. The van der Waals surface area contributed by atoms with Crippen LogP contribution in [0.3, 0.4) is 0 Å². The third kappa shape index (κ3) is 3.98. The molecule has 1 amide bonds. The van der Waals surface area contributed by atoms with Crippen LogP contribution in [0.4, 0.5) is 0 Å². The number of hydrogen-bond acceptors (Lipinski definition) is 3. The number of nitrogens with zero attached hydrogens (tertiary/aromatic N) is 2. The van der Waals surface area contributed by atoms with Crippen LogP contribution < -0.4 is 4.74 Å². The van der Waals surface area contributed by atoms with E-state index in [1.807, 2.05) is 35.6 Å². The average Bonchev–Trinajstić information content (AvgIpc) is 3.49. The lowest BCUT2D eigenvalue weighted by molar-refractivity contribution is -0.133. The van der Waals surface area contributed by atoms with Gasteiger partial charge in [0.05, 0.1) is 18.8 Å². The Morgan fingerprint density at radius 3 is 2.63 bits per heavy atom. The Kier molecular flexibility index (Phi) is 5.95. The smallest absolute Gasteiger partial charge is 0.224 e. The highest BCUT2D eigenvalue weighted by molar-refractivity contribution is 7.15. The summed E-state index contributed by atoms with van der Waals surface area (Å²) in [6.07, 6.45) is 8.07. The van der Waals surface area contributed by atoms with Crippen LogP contribution in [0.5, 0.6) is 5.75 Å². The van der Waals surface area contributed by atoms with Crippen molar-refractivity contribution in [2.75, 3.05) is 7.11 Å². The average molecular weight is 483 g/mol. The van der Waals surface area contributed by atoms with Crippen molar-refractivity contribution in [2.45, 2.75) is 51.1 Å². The van der Waals surface area contributed by atoms with Crippen molar-refractivity contribution in [1.29, 1.82) is 0 Å². The third-order valence-corrected chi connectivity index (χ3v) is 8.75. The number of aromatic nitrogens is 1. The maximum absolute atomic E-state index is 14.0. The molecule has 0 spiro atoms. The number of carbonyl (C=O) groups is 1. The van der Waals surface area contributed by atoms with E-state index in [4.69, 9.17) is 4.74 Å². The molecule has 0 bridgehead atoms. The van der Waals surface area contributed by atoms with Gasteiger partial charge in [-0.2, -0.15) is 0 Å². The molecule has 6 rings (SSSR count).